The Balaban J connectivity index is 2.24. The first kappa shape index (κ1) is 11.1. The number of anilines is 2. The van der Waals surface area contributed by atoms with E-state index in [2.05, 4.69) is 20.3 Å². The Bertz CT molecular complexity index is 516. The van der Waals surface area contributed by atoms with Crippen LogP contribution in [-0.2, 0) is 0 Å². The minimum atomic E-state index is 0.227. The zero-order valence-corrected chi connectivity index (χ0v) is 9.92. The molecule has 16 heavy (non-hydrogen) atoms. The molecule has 0 saturated heterocycles. The lowest BCUT2D eigenvalue weighted by atomic mass is 10.3. The predicted molar refractivity (Wildman–Crippen MR) is 64.3 cm³/mol. The Morgan fingerprint density at radius 3 is 2.75 bits per heavy atom. The lowest BCUT2D eigenvalue weighted by Crippen LogP contribution is -1.97. The molecule has 2 aromatic rings. The van der Waals surface area contributed by atoms with Crippen molar-refractivity contribution in [1.29, 1.82) is 0 Å². The molecule has 0 aliphatic carbocycles. The molecule has 0 aromatic carbocycles. The normalized spacial score (nSPS) is 10.2. The van der Waals surface area contributed by atoms with Crippen molar-refractivity contribution in [2.45, 2.75) is 6.92 Å². The molecule has 2 heterocycles. The van der Waals surface area contributed by atoms with Gasteiger partial charge >= 0.3 is 0 Å². The van der Waals surface area contributed by atoms with Gasteiger partial charge in [-0.05, 0) is 19.1 Å². The first-order valence-electron chi connectivity index (χ1n) is 4.53. The van der Waals surface area contributed by atoms with Crippen molar-refractivity contribution in [3.05, 3.63) is 40.4 Å². The highest BCUT2D eigenvalue weighted by atomic mass is 35.5. The van der Waals surface area contributed by atoms with Crippen LogP contribution in [0.25, 0.3) is 0 Å². The van der Waals surface area contributed by atoms with E-state index in [9.17, 15) is 0 Å². The lowest BCUT2D eigenvalue weighted by Gasteiger charge is -2.05. The Morgan fingerprint density at radius 1 is 1.25 bits per heavy atom. The van der Waals surface area contributed by atoms with Crippen molar-refractivity contribution in [2.75, 3.05) is 5.32 Å². The Labute approximate surface area is 103 Å². The second kappa shape index (κ2) is 4.63. The summed E-state index contributed by atoms with van der Waals surface area (Å²) in [5.74, 6) is 0.403. The van der Waals surface area contributed by atoms with Gasteiger partial charge in [-0.2, -0.15) is 4.98 Å². The summed E-state index contributed by atoms with van der Waals surface area (Å²) >= 11 is 11.5. The van der Waals surface area contributed by atoms with Gasteiger partial charge in [0.1, 0.15) is 0 Å². The van der Waals surface area contributed by atoms with E-state index in [-0.39, 0.29) is 5.15 Å². The molecule has 0 unspecified atom stereocenters. The third-order valence-electron chi connectivity index (χ3n) is 1.85. The number of aromatic nitrogens is 3. The number of hydrogen-bond acceptors (Lipinski definition) is 4. The van der Waals surface area contributed by atoms with Crippen LogP contribution in [0.1, 0.15) is 5.69 Å². The van der Waals surface area contributed by atoms with Gasteiger partial charge in [0.25, 0.3) is 0 Å². The van der Waals surface area contributed by atoms with Gasteiger partial charge in [0.05, 0.1) is 11.2 Å². The molecule has 4 nitrogen and oxygen atoms in total. The maximum atomic E-state index is 5.78. The SMILES string of the molecule is Cc1cc(Nc2ncc(Cl)c(Cl)n2)ccn1. The minimum Gasteiger partial charge on any atom is -0.324 e. The average molecular weight is 255 g/mol. The van der Waals surface area contributed by atoms with Gasteiger partial charge in [0.2, 0.25) is 5.95 Å². The summed E-state index contributed by atoms with van der Waals surface area (Å²) < 4.78 is 0. The van der Waals surface area contributed by atoms with Crippen molar-refractivity contribution < 1.29 is 0 Å². The second-order valence-electron chi connectivity index (χ2n) is 3.14. The lowest BCUT2D eigenvalue weighted by molar-refractivity contribution is 1.15. The summed E-state index contributed by atoms with van der Waals surface area (Å²) in [5.41, 5.74) is 1.76. The predicted octanol–water partition coefficient (Wildman–Crippen LogP) is 3.23. The molecule has 0 radical (unpaired) electrons. The standard InChI is InChI=1S/C10H8Cl2N4/c1-6-4-7(2-3-13-6)15-10-14-5-8(11)9(12)16-10/h2-5H,1H3,(H,13,14,15,16). The van der Waals surface area contributed by atoms with Gasteiger partial charge in [0.15, 0.2) is 5.15 Å². The molecule has 1 N–H and O–H groups in total. The van der Waals surface area contributed by atoms with E-state index < -0.39 is 0 Å². The second-order valence-corrected chi connectivity index (χ2v) is 3.91. The number of nitrogens with one attached hydrogen (secondary N) is 1. The van der Waals surface area contributed by atoms with Crippen LogP contribution in [0.4, 0.5) is 11.6 Å². The van der Waals surface area contributed by atoms with Crippen LogP contribution in [0.3, 0.4) is 0 Å². The summed E-state index contributed by atoms with van der Waals surface area (Å²) in [7, 11) is 0. The van der Waals surface area contributed by atoms with Crippen LogP contribution < -0.4 is 5.32 Å². The molecule has 0 saturated carbocycles. The summed E-state index contributed by atoms with van der Waals surface area (Å²) in [6.45, 7) is 1.90. The van der Waals surface area contributed by atoms with E-state index >= 15 is 0 Å². The number of aryl methyl sites for hydroxylation is 1. The van der Waals surface area contributed by atoms with Crippen LogP contribution >= 0.6 is 23.2 Å². The van der Waals surface area contributed by atoms with Crippen molar-refractivity contribution >= 4 is 34.8 Å². The molecule has 82 valence electrons. The first-order valence-corrected chi connectivity index (χ1v) is 5.28. The molecule has 2 rings (SSSR count). The van der Waals surface area contributed by atoms with Crippen molar-refractivity contribution in [1.82, 2.24) is 15.0 Å². The molecule has 2 aromatic heterocycles. The van der Waals surface area contributed by atoms with E-state index in [4.69, 9.17) is 23.2 Å². The van der Waals surface area contributed by atoms with E-state index in [1.807, 2.05) is 19.1 Å². The summed E-state index contributed by atoms with van der Waals surface area (Å²) in [6.07, 6.45) is 3.16. The van der Waals surface area contributed by atoms with Crippen molar-refractivity contribution in [3.8, 4) is 0 Å². The molecule has 0 aliphatic rings. The highest BCUT2D eigenvalue weighted by Crippen LogP contribution is 2.20. The van der Waals surface area contributed by atoms with E-state index in [0.717, 1.165) is 11.4 Å². The third-order valence-corrected chi connectivity index (χ3v) is 2.52. The van der Waals surface area contributed by atoms with Gasteiger partial charge in [0, 0.05) is 17.6 Å². The Hall–Kier alpha value is -1.39. The monoisotopic (exact) mass is 254 g/mol. The number of rotatable bonds is 2. The number of nitrogens with zero attached hydrogens (tertiary/aromatic N) is 3. The van der Waals surface area contributed by atoms with Gasteiger partial charge in [-0.15, -0.1) is 0 Å². The number of hydrogen-bond donors (Lipinski definition) is 1. The van der Waals surface area contributed by atoms with Crippen LogP contribution in [0.5, 0.6) is 0 Å². The molecule has 0 fully saturated rings. The zero-order valence-electron chi connectivity index (χ0n) is 8.41. The maximum Gasteiger partial charge on any atom is 0.228 e. The smallest absolute Gasteiger partial charge is 0.228 e. The zero-order chi connectivity index (χ0) is 11.5. The highest BCUT2D eigenvalue weighted by molar-refractivity contribution is 6.41. The summed E-state index contributed by atoms with van der Waals surface area (Å²) in [5, 5.41) is 3.57. The van der Waals surface area contributed by atoms with Crippen LogP contribution in [0, 0.1) is 6.92 Å². The molecule has 0 amide bonds. The van der Waals surface area contributed by atoms with Crippen molar-refractivity contribution in [3.63, 3.8) is 0 Å². The van der Waals surface area contributed by atoms with E-state index in [1.54, 1.807) is 6.20 Å². The van der Waals surface area contributed by atoms with Gasteiger partial charge < -0.3 is 5.32 Å². The largest absolute Gasteiger partial charge is 0.324 e. The molecule has 0 aliphatic heterocycles. The van der Waals surface area contributed by atoms with Crippen LogP contribution in [0.2, 0.25) is 10.2 Å². The molecular formula is C10H8Cl2N4. The number of pyridine rings is 1. The quantitative estimate of drug-likeness (QED) is 0.837. The topological polar surface area (TPSA) is 50.7 Å². The Morgan fingerprint density at radius 2 is 2.06 bits per heavy atom. The molecule has 6 heteroatoms. The molecule has 0 bridgehead atoms. The minimum absolute atomic E-state index is 0.227. The van der Waals surface area contributed by atoms with Gasteiger partial charge in [-0.1, -0.05) is 23.2 Å². The molecule has 0 atom stereocenters. The fourth-order valence-electron chi connectivity index (χ4n) is 1.16. The summed E-state index contributed by atoms with van der Waals surface area (Å²) in [4.78, 5) is 12.1. The summed E-state index contributed by atoms with van der Waals surface area (Å²) in [6, 6.07) is 3.70. The first-order chi connectivity index (χ1) is 7.65. The average Bonchev–Trinajstić information content (AvgIpc) is 2.24. The highest BCUT2D eigenvalue weighted by Gasteiger charge is 2.03. The van der Waals surface area contributed by atoms with E-state index in [1.165, 1.54) is 6.20 Å². The Kier molecular flexibility index (Phi) is 3.22. The van der Waals surface area contributed by atoms with Gasteiger partial charge in [-0.3, -0.25) is 4.98 Å². The third kappa shape index (κ3) is 2.59. The maximum absolute atomic E-state index is 5.78. The molecule has 0 spiro atoms. The molecular weight excluding hydrogens is 247 g/mol. The van der Waals surface area contributed by atoms with E-state index in [0.29, 0.717) is 11.0 Å². The van der Waals surface area contributed by atoms with Gasteiger partial charge in [-0.25, -0.2) is 4.98 Å². The van der Waals surface area contributed by atoms with Crippen LogP contribution in [0.15, 0.2) is 24.5 Å². The van der Waals surface area contributed by atoms with Crippen LogP contribution in [-0.4, -0.2) is 15.0 Å². The fraction of sp³-hybridized carbons (Fsp3) is 0.100. The van der Waals surface area contributed by atoms with Crippen molar-refractivity contribution in [2.24, 2.45) is 0 Å². The fourth-order valence-corrected chi connectivity index (χ4v) is 1.38. The number of halogens is 2.